The number of nitrogens with one attached hydrogen (secondary N) is 1. The number of amides is 2. The molecular weight excluding hydrogens is 578 g/mol. The van der Waals surface area contributed by atoms with Crippen LogP contribution in [0.3, 0.4) is 0 Å². The van der Waals surface area contributed by atoms with Gasteiger partial charge in [-0.1, -0.05) is 41.6 Å². The van der Waals surface area contributed by atoms with Crippen LogP contribution in [0.15, 0.2) is 59.8 Å². The van der Waals surface area contributed by atoms with Crippen molar-refractivity contribution in [2.24, 2.45) is 5.16 Å². The Morgan fingerprint density at radius 1 is 0.886 bits per heavy atom. The van der Waals surface area contributed by atoms with Gasteiger partial charge in [0.15, 0.2) is 17.9 Å². The molecule has 0 spiro atoms. The third-order valence-corrected chi connectivity index (χ3v) is 6.54. The molecule has 4 rings (SSSR count). The van der Waals surface area contributed by atoms with Crippen LogP contribution in [0.25, 0.3) is 0 Å². The molecule has 2 amide bonds. The highest BCUT2D eigenvalue weighted by atomic mass is 16.8. The predicted octanol–water partition coefficient (Wildman–Crippen LogP) is 1.49. The number of anilines is 1. The Hall–Kier alpha value is -4.98. The smallest absolute Gasteiger partial charge is 0.303 e. The van der Waals surface area contributed by atoms with Crippen molar-refractivity contribution in [2.75, 3.05) is 24.7 Å². The van der Waals surface area contributed by atoms with Crippen LogP contribution < -0.4 is 15.0 Å². The standard InChI is InChI=1S/C30H33N3O11/c1-17(34)31-26-28(42-20(4)37)27(41-19(3)36)24(16-40-18(2)35)43-30(26)44-32-25-22-12-8-9-13-23(22)33(29(25)38)14-15-39-21-10-6-5-7-11-21/h5-13,24,26-28,30H,14-16H2,1-4H3,(H,31,34)/b32-25+/t24-,26+,27-,28+,30+/m1/s1. The Balaban J connectivity index is 1.62. The highest BCUT2D eigenvalue weighted by Crippen LogP contribution is 2.31. The lowest BCUT2D eigenvalue weighted by Gasteiger charge is -2.43. The summed E-state index contributed by atoms with van der Waals surface area (Å²) in [6, 6.07) is 14.9. The summed E-state index contributed by atoms with van der Waals surface area (Å²) in [5.74, 6) is -2.51. The van der Waals surface area contributed by atoms with Gasteiger partial charge in [0, 0.05) is 33.3 Å². The summed E-state index contributed by atoms with van der Waals surface area (Å²) in [4.78, 5) is 68.6. The molecule has 0 unspecified atom stereocenters. The first-order valence-corrected chi connectivity index (χ1v) is 13.8. The molecule has 0 aromatic heterocycles. The van der Waals surface area contributed by atoms with Crippen molar-refractivity contribution in [3.05, 3.63) is 60.2 Å². The minimum absolute atomic E-state index is 0.0480. The number of carbonyl (C=O) groups is 5. The second kappa shape index (κ2) is 14.5. The molecule has 0 saturated carbocycles. The quantitative estimate of drug-likeness (QED) is 0.222. The first-order valence-electron chi connectivity index (χ1n) is 13.8. The lowest BCUT2D eigenvalue weighted by atomic mass is 9.96. The minimum atomic E-state index is -1.47. The topological polar surface area (TPSA) is 168 Å². The largest absolute Gasteiger partial charge is 0.492 e. The van der Waals surface area contributed by atoms with Crippen LogP contribution in [0.2, 0.25) is 0 Å². The number of ether oxygens (including phenoxy) is 5. The molecule has 0 aliphatic carbocycles. The Kier molecular flexibility index (Phi) is 10.5. The monoisotopic (exact) mass is 611 g/mol. The fraction of sp³-hybridized carbons (Fsp3) is 0.400. The molecule has 2 aromatic rings. The summed E-state index contributed by atoms with van der Waals surface area (Å²) >= 11 is 0. The average molecular weight is 612 g/mol. The van der Waals surface area contributed by atoms with Gasteiger partial charge in [-0.2, -0.15) is 0 Å². The van der Waals surface area contributed by atoms with Crippen molar-refractivity contribution in [1.82, 2.24) is 5.32 Å². The summed E-state index contributed by atoms with van der Waals surface area (Å²) in [7, 11) is 0. The van der Waals surface area contributed by atoms with Gasteiger partial charge in [0.2, 0.25) is 5.91 Å². The Labute approximate surface area is 253 Å². The molecule has 14 nitrogen and oxygen atoms in total. The van der Waals surface area contributed by atoms with E-state index in [2.05, 4.69) is 10.5 Å². The van der Waals surface area contributed by atoms with Crippen LogP contribution in [0, 0.1) is 0 Å². The Morgan fingerprint density at radius 2 is 1.55 bits per heavy atom. The number of oxime groups is 1. The maximum atomic E-state index is 13.5. The van der Waals surface area contributed by atoms with E-state index >= 15 is 0 Å². The van der Waals surface area contributed by atoms with E-state index < -0.39 is 67.0 Å². The molecule has 1 fully saturated rings. The van der Waals surface area contributed by atoms with Gasteiger partial charge in [-0.05, 0) is 18.2 Å². The molecule has 1 saturated heterocycles. The second-order valence-corrected chi connectivity index (χ2v) is 9.90. The molecule has 0 radical (unpaired) electrons. The molecule has 2 aliphatic heterocycles. The Bertz CT molecular complexity index is 1410. The van der Waals surface area contributed by atoms with E-state index in [1.54, 1.807) is 36.4 Å². The van der Waals surface area contributed by atoms with Gasteiger partial charge in [-0.3, -0.25) is 24.0 Å². The van der Waals surface area contributed by atoms with E-state index in [9.17, 15) is 24.0 Å². The number of hydrogen-bond donors (Lipinski definition) is 1. The second-order valence-electron chi connectivity index (χ2n) is 9.90. The number of nitrogens with zero attached hydrogens (tertiary/aromatic N) is 2. The minimum Gasteiger partial charge on any atom is -0.492 e. The van der Waals surface area contributed by atoms with E-state index in [0.29, 0.717) is 17.0 Å². The molecule has 14 heteroatoms. The molecule has 2 heterocycles. The van der Waals surface area contributed by atoms with Crippen molar-refractivity contribution in [3.8, 4) is 5.75 Å². The van der Waals surface area contributed by atoms with E-state index in [-0.39, 0.29) is 18.9 Å². The summed E-state index contributed by atoms with van der Waals surface area (Å²) in [6.07, 6.45) is -5.30. The third-order valence-electron chi connectivity index (χ3n) is 6.54. The van der Waals surface area contributed by atoms with Crippen LogP contribution in [0.1, 0.15) is 33.3 Å². The summed E-state index contributed by atoms with van der Waals surface area (Å²) in [6.45, 7) is 4.65. The van der Waals surface area contributed by atoms with Crippen molar-refractivity contribution >= 4 is 41.1 Å². The SMILES string of the molecule is CC(=O)N[C@@H]1[C@H](O/N=C2/C(=O)N(CCOc3ccccc3)c3ccccc32)O[C@H](COC(C)=O)[C@@H](OC(C)=O)[C@H]1OC(C)=O. The molecule has 2 aromatic carbocycles. The van der Waals surface area contributed by atoms with Crippen molar-refractivity contribution < 1.29 is 52.5 Å². The number of para-hydroxylation sites is 2. The number of rotatable bonds is 11. The number of esters is 3. The summed E-state index contributed by atoms with van der Waals surface area (Å²) in [5.41, 5.74) is 1.02. The van der Waals surface area contributed by atoms with Crippen LogP contribution in [0.5, 0.6) is 5.75 Å². The molecule has 0 bridgehead atoms. The van der Waals surface area contributed by atoms with E-state index in [4.69, 9.17) is 28.5 Å². The fourth-order valence-electron chi connectivity index (χ4n) is 4.83. The zero-order valence-electron chi connectivity index (χ0n) is 24.6. The summed E-state index contributed by atoms with van der Waals surface area (Å²) < 4.78 is 27.7. The molecule has 1 N–H and O–H groups in total. The van der Waals surface area contributed by atoms with Crippen LogP contribution in [-0.2, 0) is 47.8 Å². The lowest BCUT2D eigenvalue weighted by molar-refractivity contribution is -0.278. The Morgan fingerprint density at radius 3 is 2.20 bits per heavy atom. The van der Waals surface area contributed by atoms with Crippen LogP contribution >= 0.6 is 0 Å². The molecular formula is C30H33N3O11. The number of fused-ring (bicyclic) bond motifs is 1. The number of hydrogen-bond acceptors (Lipinski definition) is 12. The van der Waals surface area contributed by atoms with Crippen LogP contribution in [0.4, 0.5) is 5.69 Å². The maximum Gasteiger partial charge on any atom is 0.303 e. The lowest BCUT2D eigenvalue weighted by Crippen LogP contribution is -2.66. The van der Waals surface area contributed by atoms with E-state index in [1.807, 2.05) is 18.2 Å². The van der Waals surface area contributed by atoms with Gasteiger partial charge in [0.1, 0.15) is 31.1 Å². The average Bonchev–Trinajstić information content (AvgIpc) is 3.23. The maximum absolute atomic E-state index is 13.5. The first-order chi connectivity index (χ1) is 21.0. The van der Waals surface area contributed by atoms with Crippen molar-refractivity contribution in [1.29, 1.82) is 0 Å². The molecule has 234 valence electrons. The number of benzene rings is 2. The normalized spacial score (nSPS) is 23.4. The van der Waals surface area contributed by atoms with Gasteiger partial charge < -0.3 is 38.7 Å². The van der Waals surface area contributed by atoms with Crippen molar-refractivity contribution in [2.45, 2.75) is 58.3 Å². The predicted molar refractivity (Wildman–Crippen MR) is 152 cm³/mol. The number of carbonyl (C=O) groups excluding carboxylic acids is 5. The van der Waals surface area contributed by atoms with Gasteiger partial charge in [-0.15, -0.1) is 0 Å². The molecule has 2 aliphatic rings. The first kappa shape index (κ1) is 31.9. The summed E-state index contributed by atoms with van der Waals surface area (Å²) in [5, 5.41) is 6.71. The highest BCUT2D eigenvalue weighted by molar-refractivity contribution is 6.54. The van der Waals surface area contributed by atoms with Gasteiger partial charge in [0.25, 0.3) is 12.2 Å². The zero-order chi connectivity index (χ0) is 31.8. The van der Waals surface area contributed by atoms with E-state index in [0.717, 1.165) is 13.8 Å². The van der Waals surface area contributed by atoms with Gasteiger partial charge >= 0.3 is 17.9 Å². The van der Waals surface area contributed by atoms with Crippen LogP contribution in [-0.4, -0.2) is 85.8 Å². The van der Waals surface area contributed by atoms with Crippen molar-refractivity contribution in [3.63, 3.8) is 0 Å². The van der Waals surface area contributed by atoms with Gasteiger partial charge in [-0.25, -0.2) is 0 Å². The van der Waals surface area contributed by atoms with Gasteiger partial charge in [0.05, 0.1) is 12.2 Å². The fourth-order valence-corrected chi connectivity index (χ4v) is 4.83. The van der Waals surface area contributed by atoms with E-state index in [1.165, 1.54) is 18.7 Å². The zero-order valence-corrected chi connectivity index (χ0v) is 24.6. The molecule has 5 atom stereocenters. The third kappa shape index (κ3) is 7.89. The highest BCUT2D eigenvalue weighted by Gasteiger charge is 2.52. The molecule has 44 heavy (non-hydrogen) atoms.